The van der Waals surface area contributed by atoms with Gasteiger partial charge in [-0.3, -0.25) is 9.69 Å². The molecule has 2 saturated heterocycles. The van der Waals surface area contributed by atoms with Crippen LogP contribution in [-0.2, 0) is 14.3 Å². The number of carbonyl (C=O) groups is 1. The molecule has 6 rings (SSSR count). The van der Waals surface area contributed by atoms with Crippen LogP contribution in [0.3, 0.4) is 0 Å². The van der Waals surface area contributed by atoms with E-state index in [2.05, 4.69) is 17.9 Å². The fourth-order valence-electron chi connectivity index (χ4n) is 7.25. The van der Waals surface area contributed by atoms with Crippen LogP contribution in [0, 0.1) is 29.0 Å². The van der Waals surface area contributed by atoms with Crippen LogP contribution in [-0.4, -0.2) is 48.8 Å². The van der Waals surface area contributed by atoms with Gasteiger partial charge in [0.15, 0.2) is 0 Å². The van der Waals surface area contributed by atoms with Crippen molar-refractivity contribution in [3.63, 3.8) is 0 Å². The molecule has 3 heterocycles. The summed E-state index contributed by atoms with van der Waals surface area (Å²) in [6.07, 6.45) is 8.98. The summed E-state index contributed by atoms with van der Waals surface area (Å²) in [6, 6.07) is 6.76. The van der Waals surface area contributed by atoms with Crippen molar-refractivity contribution in [1.29, 1.82) is 0 Å². The number of nitrogens with zero attached hydrogens (tertiary/aromatic N) is 1. The number of rotatable bonds is 3. The van der Waals surface area contributed by atoms with Crippen LogP contribution in [0.2, 0.25) is 0 Å². The van der Waals surface area contributed by atoms with Gasteiger partial charge in [0, 0.05) is 25.6 Å². The molecule has 0 N–H and O–H groups in total. The molecule has 1 spiro atoms. The van der Waals surface area contributed by atoms with E-state index in [0.717, 1.165) is 51.1 Å². The molecule has 0 amide bonds. The molecule has 6 unspecified atom stereocenters. The number of ether oxygens (including phenoxy) is 2. The fraction of sp³-hybridized carbons (Fsp3) is 0.654. The Morgan fingerprint density at radius 2 is 2.03 bits per heavy atom. The highest BCUT2D eigenvalue weighted by atomic mass is 19.1. The summed E-state index contributed by atoms with van der Waals surface area (Å²) in [5.41, 5.74) is 2.72. The van der Waals surface area contributed by atoms with Crippen molar-refractivity contribution in [3.8, 4) is 0 Å². The molecule has 2 saturated carbocycles. The molecule has 2 aliphatic carbocycles. The van der Waals surface area contributed by atoms with Gasteiger partial charge in [0.05, 0.1) is 18.1 Å². The largest absolute Gasteiger partial charge is 0.462 e. The van der Waals surface area contributed by atoms with Crippen molar-refractivity contribution >= 4 is 11.5 Å². The van der Waals surface area contributed by atoms with E-state index in [0.29, 0.717) is 11.8 Å². The van der Waals surface area contributed by atoms with E-state index in [1.54, 1.807) is 0 Å². The van der Waals surface area contributed by atoms with E-state index in [1.165, 1.54) is 37.0 Å². The maximum atomic E-state index is 13.2. The Kier molecular flexibility index (Phi) is 4.59. The summed E-state index contributed by atoms with van der Waals surface area (Å²) in [4.78, 5) is 15.3. The number of benzene rings is 1. The topological polar surface area (TPSA) is 42.1 Å². The molecule has 3 aliphatic heterocycles. The van der Waals surface area contributed by atoms with Gasteiger partial charge in [-0.2, -0.15) is 0 Å². The molecule has 5 aliphatic rings. The van der Waals surface area contributed by atoms with Gasteiger partial charge in [0.1, 0.15) is 11.9 Å². The Morgan fingerprint density at radius 3 is 2.74 bits per heavy atom. The molecule has 0 aromatic heterocycles. The molecular formula is C26H32FNO3. The van der Waals surface area contributed by atoms with Crippen molar-refractivity contribution in [2.75, 3.05) is 26.2 Å². The second-order valence-electron chi connectivity index (χ2n) is 10.8. The van der Waals surface area contributed by atoms with E-state index >= 15 is 0 Å². The number of esters is 1. The Bertz CT molecular complexity index is 908. The van der Waals surface area contributed by atoms with E-state index in [9.17, 15) is 9.18 Å². The fourth-order valence-corrected chi connectivity index (χ4v) is 7.25. The highest BCUT2D eigenvalue weighted by molar-refractivity contribution is 5.76. The van der Waals surface area contributed by atoms with E-state index in [-0.39, 0.29) is 34.8 Å². The average Bonchev–Trinajstić information content (AvgIpc) is 3.46. The van der Waals surface area contributed by atoms with Crippen molar-refractivity contribution in [2.45, 2.75) is 57.2 Å². The van der Waals surface area contributed by atoms with Crippen LogP contribution in [0.1, 0.15) is 51.0 Å². The molecule has 4 fully saturated rings. The maximum absolute atomic E-state index is 13.2. The second-order valence-corrected chi connectivity index (χ2v) is 10.8. The van der Waals surface area contributed by atoms with Gasteiger partial charge >= 0.3 is 5.97 Å². The summed E-state index contributed by atoms with van der Waals surface area (Å²) in [7, 11) is 0. The third-order valence-corrected chi connectivity index (χ3v) is 9.04. The molecule has 1 aromatic carbocycles. The lowest BCUT2D eigenvalue weighted by molar-refractivity contribution is -0.147. The monoisotopic (exact) mass is 425 g/mol. The van der Waals surface area contributed by atoms with Gasteiger partial charge < -0.3 is 9.47 Å². The van der Waals surface area contributed by atoms with Crippen LogP contribution < -0.4 is 0 Å². The third-order valence-electron chi connectivity index (χ3n) is 9.04. The third kappa shape index (κ3) is 3.36. The summed E-state index contributed by atoms with van der Waals surface area (Å²) in [6.45, 7) is 5.86. The lowest BCUT2D eigenvalue weighted by Gasteiger charge is -2.51. The molecule has 166 valence electrons. The lowest BCUT2D eigenvalue weighted by atomic mass is 9.53. The molecule has 4 nitrogen and oxygen atoms in total. The van der Waals surface area contributed by atoms with Crippen LogP contribution in [0.15, 0.2) is 30.3 Å². The number of halogens is 1. The summed E-state index contributed by atoms with van der Waals surface area (Å²) >= 11 is 0. The summed E-state index contributed by atoms with van der Waals surface area (Å²) in [5, 5.41) is 0. The Balaban J connectivity index is 1.15. The van der Waals surface area contributed by atoms with Crippen LogP contribution in [0.4, 0.5) is 4.39 Å². The lowest BCUT2D eigenvalue weighted by Crippen LogP contribution is -2.51. The number of epoxide rings is 1. The standard InChI is InChI=1S/C26H32FNO3/c1-25-9-2-10-26(16-30-26)23(25)13-20-21(24(29)31-22(20)14-25)15-28-11-7-18(8-12-28)17-3-5-19(27)6-4-17/h3-7,20-23H,2,8-16H2,1H3. The minimum Gasteiger partial charge on any atom is -0.462 e. The molecule has 0 bridgehead atoms. The average molecular weight is 426 g/mol. The first-order valence-corrected chi connectivity index (χ1v) is 12.0. The maximum Gasteiger partial charge on any atom is 0.310 e. The molecular weight excluding hydrogens is 393 g/mol. The molecule has 6 atom stereocenters. The number of carbonyl (C=O) groups excluding carboxylic acids is 1. The van der Waals surface area contributed by atoms with Crippen LogP contribution >= 0.6 is 0 Å². The number of fused-ring (bicyclic) bond motifs is 3. The zero-order valence-corrected chi connectivity index (χ0v) is 18.3. The van der Waals surface area contributed by atoms with Crippen LogP contribution in [0.25, 0.3) is 5.57 Å². The van der Waals surface area contributed by atoms with Crippen molar-refractivity contribution in [2.24, 2.45) is 23.2 Å². The molecule has 5 heteroatoms. The minimum atomic E-state index is -0.198. The van der Waals surface area contributed by atoms with Gasteiger partial charge in [-0.1, -0.05) is 25.1 Å². The van der Waals surface area contributed by atoms with E-state index < -0.39 is 0 Å². The minimum absolute atomic E-state index is 0.0105. The molecule has 0 radical (unpaired) electrons. The summed E-state index contributed by atoms with van der Waals surface area (Å²) in [5.74, 6) is 0.686. The van der Waals surface area contributed by atoms with Gasteiger partial charge in [-0.05, 0) is 73.1 Å². The number of hydrogen-bond donors (Lipinski definition) is 0. The highest BCUT2D eigenvalue weighted by Gasteiger charge is 2.65. The highest BCUT2D eigenvalue weighted by Crippen LogP contribution is 2.62. The first-order chi connectivity index (χ1) is 15.0. The van der Waals surface area contributed by atoms with Crippen LogP contribution in [0.5, 0.6) is 0 Å². The molecule has 31 heavy (non-hydrogen) atoms. The van der Waals surface area contributed by atoms with E-state index in [4.69, 9.17) is 9.47 Å². The quantitative estimate of drug-likeness (QED) is 0.530. The normalized spacial score (nSPS) is 42.0. The van der Waals surface area contributed by atoms with Crippen molar-refractivity contribution in [3.05, 3.63) is 41.7 Å². The van der Waals surface area contributed by atoms with Crippen molar-refractivity contribution < 1.29 is 18.7 Å². The van der Waals surface area contributed by atoms with Crippen molar-refractivity contribution in [1.82, 2.24) is 4.90 Å². The van der Waals surface area contributed by atoms with Gasteiger partial charge in [-0.25, -0.2) is 4.39 Å². The zero-order chi connectivity index (χ0) is 21.2. The predicted octanol–water partition coefficient (Wildman–Crippen LogP) is 4.44. The SMILES string of the molecule is CC12CCCC3(CO3)C1CC1C(C2)OC(=O)C1CN1CC=C(c2ccc(F)cc2)CC1. The van der Waals surface area contributed by atoms with Gasteiger partial charge in [-0.15, -0.1) is 0 Å². The Hall–Kier alpha value is -1.72. The smallest absolute Gasteiger partial charge is 0.310 e. The zero-order valence-electron chi connectivity index (χ0n) is 18.3. The van der Waals surface area contributed by atoms with E-state index in [1.807, 2.05) is 12.1 Å². The summed E-state index contributed by atoms with van der Waals surface area (Å²) < 4.78 is 25.2. The number of hydrogen-bond acceptors (Lipinski definition) is 4. The second kappa shape index (κ2) is 7.14. The Labute approximate surface area is 183 Å². The first kappa shape index (κ1) is 19.9. The first-order valence-electron chi connectivity index (χ1n) is 12.0. The Morgan fingerprint density at radius 1 is 1.23 bits per heavy atom. The molecule has 1 aromatic rings. The van der Waals surface area contributed by atoms with Gasteiger partial charge in [0.2, 0.25) is 0 Å². The predicted molar refractivity (Wildman–Crippen MR) is 116 cm³/mol. The van der Waals surface area contributed by atoms with Gasteiger partial charge in [0.25, 0.3) is 0 Å².